The highest BCUT2D eigenvalue weighted by Crippen LogP contribution is 2.38. The molecule has 2 fully saturated rings. The summed E-state index contributed by atoms with van der Waals surface area (Å²) in [5, 5.41) is 5.41. The minimum Gasteiger partial charge on any atom is -0.467 e. The van der Waals surface area contributed by atoms with Crippen molar-refractivity contribution in [3.8, 4) is 0 Å². The van der Waals surface area contributed by atoms with Gasteiger partial charge in [-0.15, -0.1) is 0 Å². The maximum Gasteiger partial charge on any atom is 0.328 e. The van der Waals surface area contributed by atoms with E-state index in [9.17, 15) is 19.2 Å². The number of rotatable bonds is 6. The summed E-state index contributed by atoms with van der Waals surface area (Å²) in [5.41, 5.74) is -0.895. The summed E-state index contributed by atoms with van der Waals surface area (Å²) in [7, 11) is 1.26. The fourth-order valence-corrected chi connectivity index (χ4v) is 3.80. The van der Waals surface area contributed by atoms with Gasteiger partial charge in [0.2, 0.25) is 5.91 Å². The minimum atomic E-state index is -0.895. The maximum absolute atomic E-state index is 12.9. The van der Waals surface area contributed by atoms with Gasteiger partial charge in [-0.2, -0.15) is 0 Å². The summed E-state index contributed by atoms with van der Waals surface area (Å²) in [6, 6.07) is -1.35. The molecule has 2 N–H and O–H groups in total. The Morgan fingerprint density at radius 1 is 1.38 bits per heavy atom. The van der Waals surface area contributed by atoms with E-state index in [1.807, 2.05) is 20.8 Å². The summed E-state index contributed by atoms with van der Waals surface area (Å²) in [5.74, 6) is -1.53. The van der Waals surface area contributed by atoms with Crippen LogP contribution in [0, 0.1) is 11.8 Å². The first-order chi connectivity index (χ1) is 12.3. The standard InChI is InChI=1S/C18H29N3O5/c1-5-11(2)14(15(23)26-4)19-13(22)10-21-16(24)18(20-17(21)25)9-7-6-8-12(18)3/h11-12,14H,5-10H2,1-4H3,(H,19,22)(H,20,25)/t11-,12-,14+,18-/m0/s1. The monoisotopic (exact) mass is 367 g/mol. The molecular formula is C18H29N3O5. The molecular weight excluding hydrogens is 338 g/mol. The lowest BCUT2D eigenvalue weighted by molar-refractivity contribution is -0.146. The van der Waals surface area contributed by atoms with Crippen LogP contribution in [0.5, 0.6) is 0 Å². The third kappa shape index (κ3) is 3.68. The number of ether oxygens (including phenoxy) is 1. The van der Waals surface area contributed by atoms with Crippen LogP contribution in [0.2, 0.25) is 0 Å². The highest BCUT2D eigenvalue weighted by Gasteiger charge is 2.55. The van der Waals surface area contributed by atoms with E-state index in [0.717, 1.165) is 24.2 Å². The van der Waals surface area contributed by atoms with Gasteiger partial charge in [-0.05, 0) is 24.7 Å². The quantitative estimate of drug-likeness (QED) is 0.542. The number of hydrogen-bond donors (Lipinski definition) is 2. The van der Waals surface area contributed by atoms with Crippen molar-refractivity contribution in [2.45, 2.75) is 64.5 Å². The lowest BCUT2D eigenvalue weighted by Gasteiger charge is -2.36. The summed E-state index contributed by atoms with van der Waals surface area (Å²) >= 11 is 0. The molecule has 8 heteroatoms. The van der Waals surface area contributed by atoms with Crippen molar-refractivity contribution in [1.82, 2.24) is 15.5 Å². The second-order valence-corrected chi connectivity index (χ2v) is 7.39. The highest BCUT2D eigenvalue weighted by molar-refractivity contribution is 6.09. The Balaban J connectivity index is 2.07. The second-order valence-electron chi connectivity index (χ2n) is 7.39. The zero-order valence-corrected chi connectivity index (χ0v) is 16.0. The van der Waals surface area contributed by atoms with Gasteiger partial charge in [0.05, 0.1) is 7.11 Å². The molecule has 1 aliphatic carbocycles. The third-order valence-corrected chi connectivity index (χ3v) is 5.79. The van der Waals surface area contributed by atoms with Crippen LogP contribution in [0.4, 0.5) is 4.79 Å². The molecule has 0 bridgehead atoms. The Kier molecular flexibility index (Phi) is 6.26. The van der Waals surface area contributed by atoms with Crippen LogP contribution in [-0.4, -0.2) is 54.0 Å². The molecule has 0 aromatic carbocycles. The average Bonchev–Trinajstić information content (AvgIpc) is 2.86. The number of urea groups is 1. The number of esters is 1. The van der Waals surface area contributed by atoms with Crippen LogP contribution < -0.4 is 10.6 Å². The number of carbonyl (C=O) groups excluding carboxylic acids is 4. The van der Waals surface area contributed by atoms with Gasteiger partial charge < -0.3 is 15.4 Å². The van der Waals surface area contributed by atoms with E-state index in [4.69, 9.17) is 4.74 Å². The van der Waals surface area contributed by atoms with Crippen LogP contribution in [-0.2, 0) is 19.1 Å². The Bertz CT molecular complexity index is 593. The molecule has 8 nitrogen and oxygen atoms in total. The number of nitrogens with one attached hydrogen (secondary N) is 2. The first kappa shape index (κ1) is 20.2. The van der Waals surface area contributed by atoms with Crippen LogP contribution >= 0.6 is 0 Å². The van der Waals surface area contributed by atoms with E-state index in [-0.39, 0.29) is 17.7 Å². The summed E-state index contributed by atoms with van der Waals surface area (Å²) < 4.78 is 4.74. The fourth-order valence-electron chi connectivity index (χ4n) is 3.80. The zero-order valence-electron chi connectivity index (χ0n) is 16.0. The van der Waals surface area contributed by atoms with Gasteiger partial charge in [0.15, 0.2) is 0 Å². The lowest BCUT2D eigenvalue weighted by atomic mass is 9.73. The Labute approximate surface area is 154 Å². The number of carbonyl (C=O) groups is 4. The molecule has 0 aromatic heterocycles. The minimum absolute atomic E-state index is 0.0312. The fraction of sp³-hybridized carbons (Fsp3) is 0.778. The SMILES string of the molecule is CC[C@H](C)[C@@H](NC(=O)CN1C(=O)N[C@]2(CCCC[C@@H]2C)C1=O)C(=O)OC. The summed E-state index contributed by atoms with van der Waals surface area (Å²) in [4.78, 5) is 50.5. The molecule has 1 saturated carbocycles. The second kappa shape index (κ2) is 8.05. The van der Waals surface area contributed by atoms with E-state index in [0.29, 0.717) is 12.8 Å². The number of amides is 4. The molecule has 1 spiro atoms. The number of hydrogen-bond acceptors (Lipinski definition) is 5. The molecule has 4 amide bonds. The van der Waals surface area contributed by atoms with Crippen LogP contribution in [0.1, 0.15) is 52.9 Å². The van der Waals surface area contributed by atoms with E-state index in [1.54, 1.807) is 0 Å². The first-order valence-corrected chi connectivity index (χ1v) is 9.28. The number of imide groups is 1. The van der Waals surface area contributed by atoms with Crippen molar-refractivity contribution < 1.29 is 23.9 Å². The van der Waals surface area contributed by atoms with Crippen LogP contribution in [0.25, 0.3) is 0 Å². The normalized spacial score (nSPS) is 27.8. The third-order valence-electron chi connectivity index (χ3n) is 5.79. The van der Waals surface area contributed by atoms with Crippen molar-refractivity contribution in [3.05, 3.63) is 0 Å². The molecule has 2 aliphatic rings. The van der Waals surface area contributed by atoms with E-state index >= 15 is 0 Å². The predicted molar refractivity (Wildman–Crippen MR) is 94.0 cm³/mol. The van der Waals surface area contributed by atoms with Gasteiger partial charge >= 0.3 is 12.0 Å². The number of nitrogens with zero attached hydrogens (tertiary/aromatic N) is 1. The van der Waals surface area contributed by atoms with Gasteiger partial charge in [-0.25, -0.2) is 9.59 Å². The summed E-state index contributed by atoms with van der Waals surface area (Å²) in [6.07, 6.45) is 4.03. The van der Waals surface area contributed by atoms with Gasteiger partial charge in [0.25, 0.3) is 5.91 Å². The molecule has 1 saturated heterocycles. The van der Waals surface area contributed by atoms with Crippen molar-refractivity contribution in [2.24, 2.45) is 11.8 Å². The largest absolute Gasteiger partial charge is 0.467 e. The topological polar surface area (TPSA) is 105 Å². The molecule has 2 rings (SSSR count). The van der Waals surface area contributed by atoms with E-state index in [1.165, 1.54) is 7.11 Å². The Morgan fingerprint density at radius 2 is 2.08 bits per heavy atom. The Hall–Kier alpha value is -2.12. The molecule has 0 aromatic rings. The summed E-state index contributed by atoms with van der Waals surface area (Å²) in [6.45, 7) is 5.28. The van der Waals surface area contributed by atoms with Crippen LogP contribution in [0.15, 0.2) is 0 Å². The lowest BCUT2D eigenvalue weighted by Crippen LogP contribution is -2.54. The molecule has 0 radical (unpaired) electrons. The molecule has 1 heterocycles. The van der Waals surface area contributed by atoms with Gasteiger partial charge in [0.1, 0.15) is 18.1 Å². The molecule has 1 aliphatic heterocycles. The van der Waals surface area contributed by atoms with Gasteiger partial charge in [-0.3, -0.25) is 14.5 Å². The van der Waals surface area contributed by atoms with Crippen molar-refractivity contribution in [2.75, 3.05) is 13.7 Å². The van der Waals surface area contributed by atoms with Crippen LogP contribution in [0.3, 0.4) is 0 Å². The van der Waals surface area contributed by atoms with Gasteiger partial charge in [-0.1, -0.05) is 40.0 Å². The highest BCUT2D eigenvalue weighted by atomic mass is 16.5. The van der Waals surface area contributed by atoms with Gasteiger partial charge in [0, 0.05) is 0 Å². The van der Waals surface area contributed by atoms with Crippen molar-refractivity contribution in [3.63, 3.8) is 0 Å². The van der Waals surface area contributed by atoms with Crippen molar-refractivity contribution in [1.29, 1.82) is 0 Å². The Morgan fingerprint density at radius 3 is 2.65 bits per heavy atom. The smallest absolute Gasteiger partial charge is 0.328 e. The molecule has 26 heavy (non-hydrogen) atoms. The molecule has 4 atom stereocenters. The predicted octanol–water partition coefficient (Wildman–Crippen LogP) is 1.19. The zero-order chi connectivity index (χ0) is 19.5. The molecule has 146 valence electrons. The van der Waals surface area contributed by atoms with E-state index in [2.05, 4.69) is 10.6 Å². The first-order valence-electron chi connectivity index (χ1n) is 9.28. The molecule has 0 unspecified atom stereocenters. The number of methoxy groups -OCH3 is 1. The van der Waals surface area contributed by atoms with E-state index < -0.39 is 36.0 Å². The van der Waals surface area contributed by atoms with Crippen molar-refractivity contribution >= 4 is 23.8 Å². The average molecular weight is 367 g/mol. The maximum atomic E-state index is 12.9.